The van der Waals surface area contributed by atoms with Crippen LogP contribution in [0, 0.1) is 12.8 Å². The summed E-state index contributed by atoms with van der Waals surface area (Å²) in [7, 11) is 0. The molecule has 11 heteroatoms. The summed E-state index contributed by atoms with van der Waals surface area (Å²) in [4.78, 5) is 34.6. The number of hydrogen-bond acceptors (Lipinski definition) is 5. The highest BCUT2D eigenvalue weighted by atomic mass is 19.3. The number of alkyl halides is 2. The lowest BCUT2D eigenvalue weighted by molar-refractivity contribution is 0.0698. The van der Waals surface area contributed by atoms with Gasteiger partial charge in [-0.05, 0) is 63.1 Å². The lowest BCUT2D eigenvalue weighted by Crippen LogP contribution is -2.34. The molecular formula is C25H28F2N4O5. The zero-order valence-electron chi connectivity index (χ0n) is 19.8. The number of aromatic nitrogens is 3. The van der Waals surface area contributed by atoms with Crippen LogP contribution in [-0.2, 0) is 0 Å². The van der Waals surface area contributed by atoms with Gasteiger partial charge in [0.05, 0.1) is 12.1 Å². The molecule has 0 atom stereocenters. The molecule has 3 heterocycles. The number of H-pyrrole nitrogens is 1. The van der Waals surface area contributed by atoms with E-state index < -0.39 is 18.5 Å². The molecule has 1 aromatic carbocycles. The van der Waals surface area contributed by atoms with E-state index in [9.17, 15) is 23.5 Å². The van der Waals surface area contributed by atoms with Gasteiger partial charge >= 0.3 is 12.1 Å². The molecule has 2 fully saturated rings. The molecule has 36 heavy (non-hydrogen) atoms. The number of aryl methyl sites for hydroxylation is 1. The van der Waals surface area contributed by atoms with Gasteiger partial charge in [0.25, 0.3) is 6.43 Å². The van der Waals surface area contributed by atoms with Crippen LogP contribution in [0.5, 0.6) is 5.75 Å². The average Bonchev–Trinajstić information content (AvgIpc) is 3.62. The Bertz CT molecular complexity index is 1250. The zero-order chi connectivity index (χ0) is 25.8. The van der Waals surface area contributed by atoms with E-state index in [0.29, 0.717) is 40.7 Å². The molecule has 1 aliphatic heterocycles. The van der Waals surface area contributed by atoms with Gasteiger partial charge in [-0.1, -0.05) is 0 Å². The molecule has 2 aliphatic rings. The fourth-order valence-corrected chi connectivity index (χ4v) is 4.16. The smallest absolute Gasteiger partial charge is 0.407 e. The number of aromatic carboxylic acids is 1. The fraction of sp³-hybridized carbons (Fsp3) is 0.440. The van der Waals surface area contributed by atoms with Crippen molar-refractivity contribution in [1.29, 1.82) is 0 Å². The molecule has 0 spiro atoms. The van der Waals surface area contributed by atoms with Gasteiger partial charge < -0.3 is 24.8 Å². The van der Waals surface area contributed by atoms with Crippen molar-refractivity contribution in [3.05, 3.63) is 41.3 Å². The fourth-order valence-electron chi connectivity index (χ4n) is 4.16. The Morgan fingerprint density at radius 1 is 1.17 bits per heavy atom. The zero-order valence-corrected chi connectivity index (χ0v) is 19.8. The minimum absolute atomic E-state index is 0.0408. The maximum atomic E-state index is 13.2. The number of ether oxygens (including phenoxy) is 1. The second-order valence-electron chi connectivity index (χ2n) is 9.02. The maximum Gasteiger partial charge on any atom is 0.407 e. The first-order chi connectivity index (χ1) is 17.3. The number of amides is 1. The molecule has 1 amide bonds. The van der Waals surface area contributed by atoms with Gasteiger partial charge in [0.2, 0.25) is 0 Å². The Morgan fingerprint density at radius 3 is 2.47 bits per heavy atom. The molecule has 3 N–H and O–H groups in total. The highest BCUT2D eigenvalue weighted by molar-refractivity contribution is 6.06. The van der Waals surface area contributed by atoms with E-state index in [4.69, 9.17) is 9.84 Å². The second kappa shape index (κ2) is 10.9. The molecule has 1 saturated carbocycles. The highest BCUT2D eigenvalue weighted by Crippen LogP contribution is 2.38. The Hall–Kier alpha value is -3.76. The summed E-state index contributed by atoms with van der Waals surface area (Å²) in [6.07, 6.45) is 3.27. The third kappa shape index (κ3) is 5.72. The van der Waals surface area contributed by atoms with Crippen molar-refractivity contribution >= 4 is 23.1 Å². The summed E-state index contributed by atoms with van der Waals surface area (Å²) in [5.41, 5.74) is 1.65. The van der Waals surface area contributed by atoms with Crippen molar-refractivity contribution in [3.63, 3.8) is 0 Å². The number of carboxylic acids is 1. The first kappa shape index (κ1) is 25.3. The van der Waals surface area contributed by atoms with Crippen LogP contribution in [0.1, 0.15) is 60.1 Å². The number of hydrogen-bond donors (Lipinski definition) is 3. The number of carbonyl (C=O) groups is 2. The third-order valence-electron chi connectivity index (χ3n) is 6.29. The molecular weight excluding hydrogens is 474 g/mol. The van der Waals surface area contributed by atoms with Crippen LogP contribution < -0.4 is 4.74 Å². The van der Waals surface area contributed by atoms with Crippen molar-refractivity contribution in [1.82, 2.24) is 19.9 Å². The topological polar surface area (TPSA) is 129 Å². The Balaban J connectivity index is 0.000000286. The maximum absolute atomic E-state index is 13.2. The van der Waals surface area contributed by atoms with Crippen LogP contribution in [0.4, 0.5) is 13.6 Å². The number of likely N-dealkylation sites (tertiary alicyclic amines) is 1. The summed E-state index contributed by atoms with van der Waals surface area (Å²) >= 11 is 0. The largest absolute Gasteiger partial charge is 0.493 e. The quantitative estimate of drug-likeness (QED) is 0.405. The van der Waals surface area contributed by atoms with Gasteiger partial charge in [-0.2, -0.15) is 0 Å². The van der Waals surface area contributed by atoms with Gasteiger partial charge in [-0.25, -0.2) is 28.3 Å². The van der Waals surface area contributed by atoms with Crippen LogP contribution in [-0.4, -0.2) is 61.8 Å². The number of piperidine rings is 1. The van der Waals surface area contributed by atoms with Gasteiger partial charge in [0, 0.05) is 29.9 Å². The summed E-state index contributed by atoms with van der Waals surface area (Å²) in [6.45, 7) is 3.60. The summed E-state index contributed by atoms with van der Waals surface area (Å²) < 4.78 is 32.3. The summed E-state index contributed by atoms with van der Waals surface area (Å²) in [5, 5.41) is 17.9. The molecule has 5 rings (SSSR count). The van der Waals surface area contributed by atoms with Crippen molar-refractivity contribution in [2.75, 3.05) is 19.7 Å². The molecule has 0 bridgehead atoms. The lowest BCUT2D eigenvalue weighted by Gasteiger charge is -2.22. The van der Waals surface area contributed by atoms with Gasteiger partial charge in [0.15, 0.2) is 0 Å². The Morgan fingerprint density at radius 2 is 1.89 bits per heavy atom. The van der Waals surface area contributed by atoms with E-state index in [0.717, 1.165) is 38.8 Å². The Kier molecular flexibility index (Phi) is 7.66. The number of nitrogens with one attached hydrogen (secondary N) is 1. The van der Waals surface area contributed by atoms with Gasteiger partial charge in [-0.3, -0.25) is 0 Å². The molecule has 3 aromatic rings. The molecule has 2 aromatic heterocycles. The summed E-state index contributed by atoms with van der Waals surface area (Å²) in [5.74, 6) is -0.185. The van der Waals surface area contributed by atoms with Crippen molar-refractivity contribution in [2.45, 2.75) is 45.5 Å². The first-order valence-corrected chi connectivity index (χ1v) is 11.9. The monoisotopic (exact) mass is 502 g/mol. The van der Waals surface area contributed by atoms with E-state index in [1.54, 1.807) is 6.92 Å². The van der Waals surface area contributed by atoms with Crippen LogP contribution in [0.15, 0.2) is 24.5 Å². The van der Waals surface area contributed by atoms with E-state index in [2.05, 4.69) is 15.0 Å². The number of aromatic amines is 1. The number of halogens is 2. The molecule has 0 unspecified atom stereocenters. The minimum Gasteiger partial charge on any atom is -0.493 e. The van der Waals surface area contributed by atoms with Crippen LogP contribution in [0.25, 0.3) is 22.3 Å². The number of nitrogens with zero attached hydrogens (tertiary/aromatic N) is 3. The molecule has 1 saturated heterocycles. The van der Waals surface area contributed by atoms with Crippen molar-refractivity contribution in [3.8, 4) is 17.0 Å². The number of fused-ring (bicyclic) bond motifs is 1. The van der Waals surface area contributed by atoms with E-state index in [1.807, 2.05) is 0 Å². The van der Waals surface area contributed by atoms with Gasteiger partial charge in [0.1, 0.15) is 28.9 Å². The predicted octanol–water partition coefficient (Wildman–Crippen LogP) is 5.51. The van der Waals surface area contributed by atoms with Crippen LogP contribution in [0.3, 0.4) is 0 Å². The van der Waals surface area contributed by atoms with Crippen molar-refractivity contribution < 1.29 is 33.3 Å². The van der Waals surface area contributed by atoms with Gasteiger partial charge in [-0.15, -0.1) is 0 Å². The summed E-state index contributed by atoms with van der Waals surface area (Å²) in [6, 6.07) is 4.18. The number of benzene rings is 1. The molecule has 0 radical (unpaired) electrons. The standard InChI is InChI=1S/C19H17F2N3O3.C6H11NO2/c1-9-14(19(25)26)16-17(24-9)15(22-8-23-16)12-6-11(18(20)21)4-5-13(12)27-7-10-2-3-10;8-6(9)7-4-2-1-3-5-7/h4-6,8,10,18,24H,2-3,7H2,1H3,(H,25,26);1-5H2,(H,8,9). The predicted molar refractivity (Wildman–Crippen MR) is 128 cm³/mol. The molecule has 9 nitrogen and oxygen atoms in total. The van der Waals surface area contributed by atoms with E-state index in [1.165, 1.54) is 35.8 Å². The van der Waals surface area contributed by atoms with Crippen LogP contribution >= 0.6 is 0 Å². The van der Waals surface area contributed by atoms with Crippen LogP contribution in [0.2, 0.25) is 0 Å². The first-order valence-electron chi connectivity index (χ1n) is 11.9. The average molecular weight is 503 g/mol. The van der Waals surface area contributed by atoms with E-state index in [-0.39, 0.29) is 16.6 Å². The lowest BCUT2D eigenvalue weighted by atomic mass is 10.0. The number of carboxylic acid groups (broad SMARTS) is 2. The molecule has 192 valence electrons. The molecule has 1 aliphatic carbocycles. The normalized spacial score (nSPS) is 15.5. The SMILES string of the molecule is Cc1[nH]c2c(-c3cc(C(F)F)ccc3OCC3CC3)ncnc2c1C(=O)O.O=C(O)N1CCCCC1. The Labute approximate surface area is 206 Å². The number of rotatable bonds is 6. The van der Waals surface area contributed by atoms with E-state index >= 15 is 0 Å². The highest BCUT2D eigenvalue weighted by Gasteiger charge is 2.25. The minimum atomic E-state index is -2.64. The second-order valence-corrected chi connectivity index (χ2v) is 9.02. The third-order valence-corrected chi connectivity index (χ3v) is 6.29. The van der Waals surface area contributed by atoms with Crippen molar-refractivity contribution in [2.24, 2.45) is 5.92 Å².